The Bertz CT molecular complexity index is 1530. The number of amides is 3. The van der Waals surface area contributed by atoms with Crippen molar-refractivity contribution in [3.63, 3.8) is 0 Å². The van der Waals surface area contributed by atoms with E-state index < -0.39 is 11.7 Å². The van der Waals surface area contributed by atoms with Crippen LogP contribution in [0.4, 0.5) is 10.5 Å². The lowest BCUT2D eigenvalue weighted by molar-refractivity contribution is -0.147. The summed E-state index contributed by atoms with van der Waals surface area (Å²) >= 11 is 0. The van der Waals surface area contributed by atoms with Gasteiger partial charge in [0, 0.05) is 75.4 Å². The van der Waals surface area contributed by atoms with Gasteiger partial charge in [-0.3, -0.25) is 14.6 Å². The van der Waals surface area contributed by atoms with E-state index in [0.29, 0.717) is 38.0 Å². The first kappa shape index (κ1) is 31.4. The van der Waals surface area contributed by atoms with Crippen molar-refractivity contribution in [1.29, 1.82) is 0 Å². The summed E-state index contributed by atoms with van der Waals surface area (Å²) in [6.45, 7) is 6.86. The molecule has 3 aliphatic rings. The Labute approximate surface area is 270 Å². The normalized spacial score (nSPS) is 18.7. The third-order valence-corrected chi connectivity index (χ3v) is 9.22. The number of hydrogen-bond acceptors (Lipinski definition) is 6. The van der Waals surface area contributed by atoms with E-state index in [0.717, 1.165) is 54.7 Å². The highest BCUT2D eigenvalue weighted by Crippen LogP contribution is 2.34. The van der Waals surface area contributed by atoms with Gasteiger partial charge in [-0.2, -0.15) is 0 Å². The summed E-state index contributed by atoms with van der Waals surface area (Å²) in [6.07, 6.45) is 4.72. The molecule has 46 heavy (non-hydrogen) atoms. The zero-order valence-corrected chi connectivity index (χ0v) is 26.7. The third-order valence-electron chi connectivity index (χ3n) is 9.22. The fourth-order valence-corrected chi connectivity index (χ4v) is 6.50. The summed E-state index contributed by atoms with van der Waals surface area (Å²) in [5, 5.41) is 9.22. The molecule has 6 rings (SSSR count). The number of piperidine rings is 1. The van der Waals surface area contributed by atoms with Gasteiger partial charge in [0.05, 0.1) is 11.6 Å². The van der Waals surface area contributed by atoms with E-state index in [2.05, 4.69) is 39.0 Å². The van der Waals surface area contributed by atoms with E-state index in [-0.39, 0.29) is 30.8 Å². The fourth-order valence-electron chi connectivity index (χ4n) is 6.50. The molecular weight excluding hydrogens is 582 g/mol. The molecule has 242 valence electrons. The smallest absolute Gasteiger partial charge is 0.407 e. The number of ether oxygens (including phenoxy) is 1. The number of rotatable bonds is 9. The molecule has 3 amide bonds. The van der Waals surface area contributed by atoms with Crippen LogP contribution in [0.25, 0.3) is 11.3 Å². The first-order valence-electron chi connectivity index (χ1n) is 16.3. The largest absolute Gasteiger partial charge is 0.478 e. The molecule has 1 atom stereocenters. The molecule has 2 aliphatic heterocycles. The van der Waals surface area contributed by atoms with E-state index in [4.69, 9.17) is 4.74 Å². The van der Waals surface area contributed by atoms with Gasteiger partial charge in [0.15, 0.2) is 5.60 Å². The van der Waals surface area contributed by atoms with E-state index in [9.17, 15) is 19.5 Å². The SMILES string of the molecule is CC(C)(Oc1cccc(N2CCC[C@@H](C(=O)N(Cc3ccc(-c4ccccn4)cc3)C3CC3)C2)c1)C(=O)N1CCN(C(=O)O)CC1. The summed E-state index contributed by atoms with van der Waals surface area (Å²) in [5.41, 5.74) is 2.97. The summed E-state index contributed by atoms with van der Waals surface area (Å²) in [5.74, 6) is 0.553. The second-order valence-corrected chi connectivity index (χ2v) is 13.1. The maximum atomic E-state index is 14.0. The molecule has 3 aromatic rings. The lowest BCUT2D eigenvalue weighted by atomic mass is 9.95. The van der Waals surface area contributed by atoms with E-state index in [1.807, 2.05) is 42.5 Å². The number of carboxylic acid groups (broad SMARTS) is 1. The Morgan fingerprint density at radius 1 is 0.913 bits per heavy atom. The van der Waals surface area contributed by atoms with Crippen LogP contribution in [0.3, 0.4) is 0 Å². The minimum Gasteiger partial charge on any atom is -0.478 e. The fraction of sp³-hybridized carbons (Fsp3) is 0.444. The molecule has 0 radical (unpaired) electrons. The van der Waals surface area contributed by atoms with Gasteiger partial charge < -0.3 is 29.4 Å². The summed E-state index contributed by atoms with van der Waals surface area (Å²) < 4.78 is 6.25. The average Bonchev–Trinajstić information content (AvgIpc) is 3.93. The molecule has 10 nitrogen and oxygen atoms in total. The van der Waals surface area contributed by atoms with Gasteiger partial charge >= 0.3 is 6.09 Å². The van der Waals surface area contributed by atoms with E-state index in [1.165, 1.54) is 4.90 Å². The van der Waals surface area contributed by atoms with Gasteiger partial charge in [0.1, 0.15) is 5.75 Å². The molecule has 0 bridgehead atoms. The first-order valence-corrected chi connectivity index (χ1v) is 16.3. The van der Waals surface area contributed by atoms with Crippen molar-refractivity contribution in [2.75, 3.05) is 44.2 Å². The Kier molecular flexibility index (Phi) is 9.15. The number of carbonyl (C=O) groups is 3. The minimum atomic E-state index is -1.12. The summed E-state index contributed by atoms with van der Waals surface area (Å²) in [6, 6.07) is 22.3. The zero-order chi connectivity index (χ0) is 32.3. The van der Waals surface area contributed by atoms with E-state index in [1.54, 1.807) is 24.9 Å². The molecule has 3 heterocycles. The maximum Gasteiger partial charge on any atom is 0.407 e. The minimum absolute atomic E-state index is 0.0887. The Morgan fingerprint density at radius 2 is 1.65 bits per heavy atom. The quantitative estimate of drug-likeness (QED) is 0.351. The van der Waals surface area contributed by atoms with Crippen LogP contribution in [0, 0.1) is 5.92 Å². The molecule has 1 aliphatic carbocycles. The second kappa shape index (κ2) is 13.4. The molecule has 1 aromatic heterocycles. The molecule has 2 aromatic carbocycles. The Hall–Kier alpha value is -4.60. The summed E-state index contributed by atoms with van der Waals surface area (Å²) in [7, 11) is 0. The van der Waals surface area contributed by atoms with Crippen molar-refractivity contribution < 1.29 is 24.2 Å². The second-order valence-electron chi connectivity index (χ2n) is 13.1. The number of piperazine rings is 1. The van der Waals surface area contributed by atoms with Crippen molar-refractivity contribution in [3.8, 4) is 17.0 Å². The monoisotopic (exact) mass is 625 g/mol. The van der Waals surface area contributed by atoms with E-state index >= 15 is 0 Å². The maximum absolute atomic E-state index is 14.0. The van der Waals surface area contributed by atoms with Gasteiger partial charge in [-0.15, -0.1) is 0 Å². The number of pyridine rings is 1. The van der Waals surface area contributed by atoms with Crippen LogP contribution in [-0.4, -0.2) is 93.6 Å². The highest BCUT2D eigenvalue weighted by atomic mass is 16.5. The Balaban J connectivity index is 1.08. The highest BCUT2D eigenvalue weighted by molar-refractivity contribution is 5.85. The van der Waals surface area contributed by atoms with Crippen LogP contribution in [-0.2, 0) is 16.1 Å². The van der Waals surface area contributed by atoms with Crippen molar-refractivity contribution >= 4 is 23.6 Å². The summed E-state index contributed by atoms with van der Waals surface area (Å²) in [4.78, 5) is 50.3. The molecule has 0 unspecified atom stereocenters. The lowest BCUT2D eigenvalue weighted by Crippen LogP contribution is -2.56. The highest BCUT2D eigenvalue weighted by Gasteiger charge is 2.38. The van der Waals surface area contributed by atoms with Crippen molar-refractivity contribution in [2.45, 2.75) is 57.7 Å². The topological polar surface area (TPSA) is 107 Å². The molecule has 1 N–H and O–H groups in total. The molecule has 0 spiro atoms. The number of benzene rings is 2. The predicted octanol–water partition coefficient (Wildman–Crippen LogP) is 5.14. The molecule has 10 heteroatoms. The van der Waals surface area contributed by atoms with Crippen molar-refractivity contribution in [3.05, 3.63) is 78.5 Å². The number of aromatic nitrogens is 1. The van der Waals surface area contributed by atoms with Crippen LogP contribution in [0.5, 0.6) is 5.75 Å². The lowest BCUT2D eigenvalue weighted by Gasteiger charge is -2.38. The van der Waals surface area contributed by atoms with Crippen LogP contribution in [0.15, 0.2) is 72.9 Å². The van der Waals surface area contributed by atoms with Gasteiger partial charge in [-0.25, -0.2) is 4.79 Å². The van der Waals surface area contributed by atoms with Crippen molar-refractivity contribution in [2.24, 2.45) is 5.92 Å². The van der Waals surface area contributed by atoms with Crippen LogP contribution in [0.2, 0.25) is 0 Å². The number of anilines is 1. The predicted molar refractivity (Wildman–Crippen MR) is 176 cm³/mol. The van der Waals surface area contributed by atoms with Gasteiger partial charge in [0.2, 0.25) is 5.91 Å². The molecule has 2 saturated heterocycles. The van der Waals surface area contributed by atoms with Gasteiger partial charge in [0.25, 0.3) is 5.91 Å². The third kappa shape index (κ3) is 7.27. The number of carbonyl (C=O) groups excluding carboxylic acids is 2. The van der Waals surface area contributed by atoms with Crippen LogP contribution >= 0.6 is 0 Å². The average molecular weight is 626 g/mol. The molecular formula is C36H43N5O5. The standard InChI is InChI=1S/C36H43N5O5/c1-36(2,34(43)38-19-21-39(22-20-38)35(44)45)46-31-9-5-8-30(23-31)40-18-6-7-28(25-40)33(42)41(29-15-16-29)24-26-11-13-27(14-12-26)32-10-3-4-17-37-32/h3-5,8-14,17,23,28-29H,6-7,15-16,18-22,24-25H2,1-2H3,(H,44,45)/t28-/m1/s1. The molecule has 3 fully saturated rings. The molecule has 1 saturated carbocycles. The van der Waals surface area contributed by atoms with Gasteiger partial charge in [-0.1, -0.05) is 36.4 Å². The first-order chi connectivity index (χ1) is 22.2. The number of hydrogen-bond donors (Lipinski definition) is 1. The number of nitrogens with zero attached hydrogens (tertiary/aromatic N) is 5. The Morgan fingerprint density at radius 3 is 2.33 bits per heavy atom. The van der Waals surface area contributed by atoms with Gasteiger partial charge in [-0.05, 0) is 69.4 Å². The van der Waals surface area contributed by atoms with Crippen LogP contribution in [0.1, 0.15) is 45.1 Å². The van der Waals surface area contributed by atoms with Crippen LogP contribution < -0.4 is 9.64 Å². The zero-order valence-electron chi connectivity index (χ0n) is 26.7. The van der Waals surface area contributed by atoms with Crippen molar-refractivity contribution in [1.82, 2.24) is 19.7 Å².